The molecule has 3 saturated carbocycles. The molecule has 6 atom stereocenters. The van der Waals surface area contributed by atoms with Crippen molar-refractivity contribution < 1.29 is 19.8 Å². The molecule has 0 aromatic heterocycles. The summed E-state index contributed by atoms with van der Waals surface area (Å²) in [5, 5.41) is 21.6. The molecule has 4 aliphatic carbocycles. The molecule has 4 aliphatic rings. The van der Waals surface area contributed by atoms with Gasteiger partial charge in [-0.05, 0) is 74.7 Å². The van der Waals surface area contributed by atoms with Gasteiger partial charge in [0.05, 0.1) is 6.42 Å². The monoisotopic (exact) mass is 346 g/mol. The van der Waals surface area contributed by atoms with Crippen molar-refractivity contribution in [2.75, 3.05) is 0 Å². The average molecular weight is 346 g/mol. The lowest BCUT2D eigenvalue weighted by atomic mass is 9.45. The standard InChI is InChI=1S/C21H30O4/c1-12(22)16-6-7-17-15-5-4-13-10-14(23)11-21(24,25)20(13,3)18(15)8-9-19(16,17)2/h10,15-18,24-25H,4-9,11H2,1-3H3/t15-,16+,17-,18-,19+,20-/m0/s1. The van der Waals surface area contributed by atoms with Gasteiger partial charge in [0.15, 0.2) is 11.6 Å². The minimum Gasteiger partial charge on any atom is -0.365 e. The number of Topliss-reactive ketones (excluding diaryl/α,β-unsaturated/α-hetero) is 1. The summed E-state index contributed by atoms with van der Waals surface area (Å²) in [4.78, 5) is 24.1. The lowest BCUT2D eigenvalue weighted by Gasteiger charge is -2.60. The van der Waals surface area contributed by atoms with Crippen LogP contribution in [0.2, 0.25) is 0 Å². The van der Waals surface area contributed by atoms with E-state index in [1.54, 1.807) is 13.0 Å². The molecule has 0 amide bonds. The summed E-state index contributed by atoms with van der Waals surface area (Å²) in [5.41, 5.74) is 0.252. The topological polar surface area (TPSA) is 74.6 Å². The van der Waals surface area contributed by atoms with Crippen molar-refractivity contribution in [3.8, 4) is 0 Å². The molecule has 3 fully saturated rings. The van der Waals surface area contributed by atoms with Crippen LogP contribution in [-0.2, 0) is 9.59 Å². The molecule has 0 aliphatic heterocycles. The Morgan fingerprint density at radius 3 is 2.52 bits per heavy atom. The highest BCUT2D eigenvalue weighted by molar-refractivity contribution is 5.92. The largest absolute Gasteiger partial charge is 0.365 e. The maximum Gasteiger partial charge on any atom is 0.179 e. The number of carbonyl (C=O) groups is 2. The second kappa shape index (κ2) is 5.26. The summed E-state index contributed by atoms with van der Waals surface area (Å²) in [5.74, 6) is -0.584. The van der Waals surface area contributed by atoms with E-state index in [9.17, 15) is 19.8 Å². The molecule has 0 spiro atoms. The Kier molecular flexibility index (Phi) is 3.66. The van der Waals surface area contributed by atoms with Gasteiger partial charge in [0.1, 0.15) is 5.78 Å². The fraction of sp³-hybridized carbons (Fsp3) is 0.810. The molecular formula is C21H30O4. The van der Waals surface area contributed by atoms with Crippen LogP contribution in [0.4, 0.5) is 0 Å². The molecule has 0 bridgehead atoms. The van der Waals surface area contributed by atoms with Crippen molar-refractivity contribution in [1.82, 2.24) is 0 Å². The number of hydrogen-bond acceptors (Lipinski definition) is 4. The molecule has 2 N–H and O–H groups in total. The third kappa shape index (κ3) is 2.13. The molecular weight excluding hydrogens is 316 g/mol. The molecule has 0 saturated heterocycles. The van der Waals surface area contributed by atoms with E-state index in [4.69, 9.17) is 0 Å². The average Bonchev–Trinajstić information content (AvgIpc) is 2.85. The number of rotatable bonds is 1. The van der Waals surface area contributed by atoms with E-state index >= 15 is 0 Å². The van der Waals surface area contributed by atoms with Gasteiger partial charge in [-0.25, -0.2) is 0 Å². The Bertz CT molecular complexity index is 663. The molecule has 0 unspecified atom stereocenters. The zero-order chi connectivity index (χ0) is 18.2. The summed E-state index contributed by atoms with van der Waals surface area (Å²) in [7, 11) is 0. The highest BCUT2D eigenvalue weighted by atomic mass is 16.5. The first kappa shape index (κ1) is 17.4. The minimum atomic E-state index is -1.95. The van der Waals surface area contributed by atoms with Crippen LogP contribution in [0.1, 0.15) is 65.7 Å². The van der Waals surface area contributed by atoms with Crippen LogP contribution >= 0.6 is 0 Å². The molecule has 0 aromatic carbocycles. The van der Waals surface area contributed by atoms with Crippen LogP contribution < -0.4 is 0 Å². The van der Waals surface area contributed by atoms with Gasteiger partial charge >= 0.3 is 0 Å². The van der Waals surface area contributed by atoms with E-state index in [1.165, 1.54) is 0 Å². The summed E-state index contributed by atoms with van der Waals surface area (Å²) < 4.78 is 0. The van der Waals surface area contributed by atoms with E-state index in [0.29, 0.717) is 17.6 Å². The SMILES string of the molecule is CC(=O)[C@H]1CC[C@H]2[C@@H]3CCC4=CC(=O)CC(O)(O)[C@]4(C)[C@H]3CC[C@]12C. The third-order valence-electron chi connectivity index (χ3n) is 8.67. The Labute approximate surface area is 149 Å². The summed E-state index contributed by atoms with van der Waals surface area (Å²) >= 11 is 0. The molecule has 4 heteroatoms. The number of ketones is 2. The Morgan fingerprint density at radius 2 is 1.84 bits per heavy atom. The minimum absolute atomic E-state index is 0.0582. The van der Waals surface area contributed by atoms with E-state index in [-0.39, 0.29) is 29.5 Å². The predicted octanol–water partition coefficient (Wildman–Crippen LogP) is 3.01. The Balaban J connectivity index is 1.73. The van der Waals surface area contributed by atoms with Gasteiger partial charge in [-0.2, -0.15) is 0 Å². The number of aliphatic hydroxyl groups is 2. The van der Waals surface area contributed by atoms with Crippen molar-refractivity contribution in [2.45, 2.75) is 71.5 Å². The van der Waals surface area contributed by atoms with E-state index in [1.807, 2.05) is 6.92 Å². The van der Waals surface area contributed by atoms with Gasteiger partial charge in [-0.1, -0.05) is 19.4 Å². The van der Waals surface area contributed by atoms with Gasteiger partial charge in [0, 0.05) is 11.3 Å². The van der Waals surface area contributed by atoms with Crippen LogP contribution in [0.25, 0.3) is 0 Å². The summed E-state index contributed by atoms with van der Waals surface area (Å²) in [6, 6.07) is 0. The van der Waals surface area contributed by atoms with Gasteiger partial charge in [-0.3, -0.25) is 9.59 Å². The Morgan fingerprint density at radius 1 is 1.12 bits per heavy atom. The van der Waals surface area contributed by atoms with Crippen LogP contribution in [0.3, 0.4) is 0 Å². The predicted molar refractivity (Wildman–Crippen MR) is 93.4 cm³/mol. The first-order chi connectivity index (χ1) is 11.6. The summed E-state index contributed by atoms with van der Waals surface area (Å²) in [6.07, 6.45) is 7.17. The van der Waals surface area contributed by atoms with E-state index < -0.39 is 11.2 Å². The fourth-order valence-electron chi connectivity index (χ4n) is 7.34. The first-order valence-electron chi connectivity index (χ1n) is 9.80. The smallest absolute Gasteiger partial charge is 0.179 e. The quantitative estimate of drug-likeness (QED) is 0.716. The second-order valence-electron chi connectivity index (χ2n) is 9.53. The lowest BCUT2D eigenvalue weighted by Crippen LogP contribution is -2.61. The van der Waals surface area contributed by atoms with Crippen molar-refractivity contribution in [3.63, 3.8) is 0 Å². The van der Waals surface area contributed by atoms with E-state index in [0.717, 1.165) is 44.1 Å². The van der Waals surface area contributed by atoms with E-state index in [2.05, 4.69) is 6.92 Å². The maximum absolute atomic E-state index is 12.2. The molecule has 25 heavy (non-hydrogen) atoms. The van der Waals surface area contributed by atoms with Crippen LogP contribution in [0.15, 0.2) is 11.6 Å². The molecule has 4 rings (SSSR count). The lowest BCUT2D eigenvalue weighted by molar-refractivity contribution is -0.263. The third-order valence-corrected chi connectivity index (χ3v) is 8.67. The highest BCUT2D eigenvalue weighted by Gasteiger charge is 2.64. The zero-order valence-electron chi connectivity index (χ0n) is 15.5. The normalized spacial score (nSPS) is 48.2. The number of hydrogen-bond donors (Lipinski definition) is 2. The Hall–Kier alpha value is -1.00. The fourth-order valence-corrected chi connectivity index (χ4v) is 7.34. The van der Waals surface area contributed by atoms with Crippen molar-refractivity contribution in [2.24, 2.45) is 34.5 Å². The molecule has 138 valence electrons. The zero-order valence-corrected chi connectivity index (χ0v) is 15.5. The first-order valence-corrected chi connectivity index (χ1v) is 9.80. The van der Waals surface area contributed by atoms with Gasteiger partial charge < -0.3 is 10.2 Å². The molecule has 4 nitrogen and oxygen atoms in total. The number of fused-ring (bicyclic) bond motifs is 5. The number of carbonyl (C=O) groups excluding carboxylic acids is 2. The molecule has 0 heterocycles. The summed E-state index contributed by atoms with van der Waals surface area (Å²) in [6.45, 7) is 5.98. The highest BCUT2D eigenvalue weighted by Crippen LogP contribution is 2.67. The second-order valence-corrected chi connectivity index (χ2v) is 9.53. The van der Waals surface area contributed by atoms with Crippen molar-refractivity contribution >= 4 is 11.6 Å². The molecule has 0 aromatic rings. The maximum atomic E-state index is 12.2. The van der Waals surface area contributed by atoms with Gasteiger partial charge in [0.25, 0.3) is 0 Å². The van der Waals surface area contributed by atoms with Crippen LogP contribution in [0.5, 0.6) is 0 Å². The van der Waals surface area contributed by atoms with Crippen LogP contribution in [-0.4, -0.2) is 27.6 Å². The van der Waals surface area contributed by atoms with Crippen molar-refractivity contribution in [1.29, 1.82) is 0 Å². The van der Waals surface area contributed by atoms with Crippen molar-refractivity contribution in [3.05, 3.63) is 11.6 Å². The van der Waals surface area contributed by atoms with Gasteiger partial charge in [-0.15, -0.1) is 0 Å². The van der Waals surface area contributed by atoms with Crippen LogP contribution in [0, 0.1) is 34.5 Å². The molecule has 0 radical (unpaired) electrons. The van der Waals surface area contributed by atoms with Gasteiger partial charge in [0.2, 0.25) is 0 Å².